The number of hydrogen-bond acceptors (Lipinski definition) is 4. The van der Waals surface area contributed by atoms with Crippen LogP contribution in [0, 0.1) is 5.82 Å². The molecule has 7 heteroatoms. The summed E-state index contributed by atoms with van der Waals surface area (Å²) in [7, 11) is 2.70. The molecule has 0 aliphatic carbocycles. The van der Waals surface area contributed by atoms with E-state index in [-0.39, 0.29) is 17.8 Å². The molecule has 0 unspecified atom stereocenters. The van der Waals surface area contributed by atoms with Gasteiger partial charge in [-0.3, -0.25) is 14.2 Å². The average Bonchev–Trinajstić information content (AvgIpc) is 2.79. The molecule has 5 nitrogen and oxygen atoms in total. The van der Waals surface area contributed by atoms with Gasteiger partial charge in [0.15, 0.2) is 0 Å². The zero-order chi connectivity index (χ0) is 15.7. The van der Waals surface area contributed by atoms with Gasteiger partial charge in [0.05, 0.1) is 36.0 Å². The Morgan fingerprint density at radius 1 is 1.38 bits per heavy atom. The molecule has 0 amide bonds. The van der Waals surface area contributed by atoms with E-state index in [9.17, 15) is 14.0 Å². The number of aromatic nitrogens is 1. The molecule has 1 aromatic heterocycles. The van der Waals surface area contributed by atoms with Crippen LogP contribution < -0.4 is 4.74 Å². The first-order chi connectivity index (χ1) is 9.90. The van der Waals surface area contributed by atoms with Crippen LogP contribution in [0.3, 0.4) is 0 Å². The average molecular weight is 358 g/mol. The van der Waals surface area contributed by atoms with E-state index in [1.54, 1.807) is 0 Å². The number of methoxy groups -OCH3 is 2. The van der Waals surface area contributed by atoms with Crippen LogP contribution >= 0.6 is 15.9 Å². The zero-order valence-corrected chi connectivity index (χ0v) is 13.3. The Balaban J connectivity index is 2.85. The lowest BCUT2D eigenvalue weighted by molar-refractivity contribution is -0.139. The molecule has 0 atom stereocenters. The zero-order valence-electron chi connectivity index (χ0n) is 11.7. The maximum atomic E-state index is 14.2. The van der Waals surface area contributed by atoms with Crippen molar-refractivity contribution >= 4 is 38.7 Å². The predicted octanol–water partition coefficient (Wildman–Crippen LogP) is 2.93. The van der Waals surface area contributed by atoms with Crippen LogP contribution in [0.15, 0.2) is 16.7 Å². The Labute approximate surface area is 128 Å². The number of fused-ring (bicyclic) bond motifs is 1. The highest BCUT2D eigenvalue weighted by Gasteiger charge is 2.22. The number of hydrogen-bond donors (Lipinski definition) is 0. The molecule has 0 saturated carbocycles. The van der Waals surface area contributed by atoms with E-state index in [4.69, 9.17) is 4.74 Å². The van der Waals surface area contributed by atoms with E-state index in [2.05, 4.69) is 20.7 Å². The summed E-state index contributed by atoms with van der Waals surface area (Å²) in [5.41, 5.74) is 0.547. The third-order valence-electron chi connectivity index (χ3n) is 3.11. The van der Waals surface area contributed by atoms with Gasteiger partial charge in [0.1, 0.15) is 11.6 Å². The van der Waals surface area contributed by atoms with Crippen LogP contribution in [-0.4, -0.2) is 30.7 Å². The van der Waals surface area contributed by atoms with E-state index < -0.39 is 11.8 Å². The van der Waals surface area contributed by atoms with Crippen molar-refractivity contribution in [2.24, 2.45) is 0 Å². The highest BCUT2D eigenvalue weighted by Crippen LogP contribution is 2.38. The van der Waals surface area contributed by atoms with Crippen molar-refractivity contribution in [3.05, 3.63) is 28.1 Å². The van der Waals surface area contributed by atoms with Gasteiger partial charge in [0.2, 0.25) is 5.91 Å². The number of carbonyl (C=O) groups is 2. The van der Waals surface area contributed by atoms with Crippen LogP contribution in [-0.2, 0) is 16.0 Å². The molecule has 0 saturated heterocycles. The number of rotatable bonds is 3. The van der Waals surface area contributed by atoms with Crippen molar-refractivity contribution in [2.75, 3.05) is 14.2 Å². The van der Waals surface area contributed by atoms with Gasteiger partial charge < -0.3 is 9.47 Å². The Kier molecular flexibility index (Phi) is 4.32. The predicted molar refractivity (Wildman–Crippen MR) is 78.2 cm³/mol. The van der Waals surface area contributed by atoms with Crippen molar-refractivity contribution in [1.82, 2.24) is 4.57 Å². The normalized spacial score (nSPS) is 10.7. The second-order valence-corrected chi connectivity index (χ2v) is 5.25. The first kappa shape index (κ1) is 15.5. The topological polar surface area (TPSA) is 57.5 Å². The van der Waals surface area contributed by atoms with Gasteiger partial charge in [0.25, 0.3) is 0 Å². The van der Waals surface area contributed by atoms with Gasteiger partial charge >= 0.3 is 5.97 Å². The van der Waals surface area contributed by atoms with E-state index in [0.717, 1.165) is 4.57 Å². The molecule has 112 valence electrons. The Bertz CT molecular complexity index is 738. The lowest BCUT2D eigenvalue weighted by Crippen LogP contribution is -2.05. The molecular formula is C14H13BrFNO4. The van der Waals surface area contributed by atoms with Crippen molar-refractivity contribution in [3.63, 3.8) is 0 Å². The monoisotopic (exact) mass is 357 g/mol. The van der Waals surface area contributed by atoms with Crippen LogP contribution in [0.1, 0.15) is 17.3 Å². The van der Waals surface area contributed by atoms with Crippen LogP contribution in [0.5, 0.6) is 5.75 Å². The summed E-state index contributed by atoms with van der Waals surface area (Å²) in [6, 6.07) is 1.22. The molecule has 0 fully saturated rings. The lowest BCUT2D eigenvalue weighted by atomic mass is 10.1. The summed E-state index contributed by atoms with van der Waals surface area (Å²) in [6.07, 6.45) is 1.35. The van der Waals surface area contributed by atoms with Crippen molar-refractivity contribution < 1.29 is 23.5 Å². The first-order valence-electron chi connectivity index (χ1n) is 6.04. The number of halogens is 2. The van der Waals surface area contributed by atoms with Crippen molar-refractivity contribution in [1.29, 1.82) is 0 Å². The molecule has 0 bridgehead atoms. The molecule has 2 aromatic rings. The largest absolute Gasteiger partial charge is 0.495 e. The fourth-order valence-corrected chi connectivity index (χ4v) is 2.78. The fraction of sp³-hybridized carbons (Fsp3) is 0.286. The van der Waals surface area contributed by atoms with E-state index in [1.807, 2.05) is 0 Å². The van der Waals surface area contributed by atoms with Crippen LogP contribution in [0.25, 0.3) is 10.9 Å². The minimum Gasteiger partial charge on any atom is -0.495 e. The summed E-state index contributed by atoms with van der Waals surface area (Å²) < 4.78 is 25.7. The molecule has 0 aliphatic heterocycles. The Hall–Kier alpha value is -1.89. The van der Waals surface area contributed by atoms with Gasteiger partial charge in [-0.25, -0.2) is 4.39 Å². The maximum Gasteiger partial charge on any atom is 0.310 e. The van der Waals surface area contributed by atoms with Crippen LogP contribution in [0.2, 0.25) is 0 Å². The molecule has 2 rings (SSSR count). The second-order valence-electron chi connectivity index (χ2n) is 4.39. The molecular weight excluding hydrogens is 345 g/mol. The number of carbonyl (C=O) groups excluding carboxylic acids is 2. The van der Waals surface area contributed by atoms with Gasteiger partial charge in [-0.05, 0) is 27.6 Å². The third-order valence-corrected chi connectivity index (χ3v) is 3.70. The Morgan fingerprint density at radius 3 is 2.57 bits per heavy atom. The van der Waals surface area contributed by atoms with Crippen molar-refractivity contribution in [3.8, 4) is 5.75 Å². The van der Waals surface area contributed by atoms with Gasteiger partial charge in [-0.2, -0.15) is 0 Å². The van der Waals surface area contributed by atoms with Gasteiger partial charge in [-0.15, -0.1) is 0 Å². The minimum absolute atomic E-state index is 0.0838. The highest BCUT2D eigenvalue weighted by molar-refractivity contribution is 9.10. The first-order valence-corrected chi connectivity index (χ1v) is 6.83. The van der Waals surface area contributed by atoms with E-state index >= 15 is 0 Å². The minimum atomic E-state index is -0.580. The SMILES string of the molecule is COC(=O)Cc1cn(C(C)=O)c2c(F)cc(Br)c(OC)c12. The summed E-state index contributed by atoms with van der Waals surface area (Å²) in [5.74, 6) is -1.06. The highest BCUT2D eigenvalue weighted by atomic mass is 79.9. The van der Waals surface area contributed by atoms with Crippen molar-refractivity contribution in [2.45, 2.75) is 13.3 Å². The summed E-state index contributed by atoms with van der Waals surface area (Å²) >= 11 is 3.22. The van der Waals surface area contributed by atoms with Gasteiger partial charge in [-0.1, -0.05) is 0 Å². The molecule has 0 radical (unpaired) electrons. The third kappa shape index (κ3) is 2.65. The summed E-state index contributed by atoms with van der Waals surface area (Å²) in [6.45, 7) is 1.31. The van der Waals surface area contributed by atoms with Crippen LogP contribution in [0.4, 0.5) is 4.39 Å². The number of esters is 1. The molecule has 1 aromatic carbocycles. The second kappa shape index (κ2) is 5.85. The smallest absolute Gasteiger partial charge is 0.310 e. The van der Waals surface area contributed by atoms with E-state index in [1.165, 1.54) is 33.4 Å². The fourth-order valence-electron chi connectivity index (χ4n) is 2.22. The molecule has 21 heavy (non-hydrogen) atoms. The molecule has 0 N–H and O–H groups in total. The lowest BCUT2D eigenvalue weighted by Gasteiger charge is -2.08. The molecule has 0 aliphatic rings. The number of nitrogens with zero attached hydrogens (tertiary/aromatic N) is 1. The quantitative estimate of drug-likeness (QED) is 0.792. The molecule has 0 spiro atoms. The van der Waals surface area contributed by atoms with E-state index in [0.29, 0.717) is 21.2 Å². The number of benzene rings is 1. The standard InChI is InChI=1S/C14H13BrFNO4/c1-7(18)17-6-8(4-11(19)20-2)12-13(17)10(16)5-9(15)14(12)21-3/h5-6H,4H2,1-3H3. The number of ether oxygens (including phenoxy) is 2. The Morgan fingerprint density at radius 2 is 2.05 bits per heavy atom. The maximum absolute atomic E-state index is 14.2. The molecule has 1 heterocycles. The summed E-state index contributed by atoms with van der Waals surface area (Å²) in [4.78, 5) is 23.2. The summed E-state index contributed by atoms with van der Waals surface area (Å²) in [5, 5.41) is 0.380. The van der Waals surface area contributed by atoms with Gasteiger partial charge in [0, 0.05) is 13.1 Å².